The lowest BCUT2D eigenvalue weighted by Gasteiger charge is -2.27. The van der Waals surface area contributed by atoms with Crippen LogP contribution >= 0.6 is 11.8 Å². The molecule has 2 atom stereocenters. The highest BCUT2D eigenvalue weighted by Gasteiger charge is 2.23. The van der Waals surface area contributed by atoms with Crippen molar-refractivity contribution in [1.29, 1.82) is 0 Å². The van der Waals surface area contributed by atoms with E-state index in [1.807, 2.05) is 11.8 Å². The van der Waals surface area contributed by atoms with Gasteiger partial charge >= 0.3 is 0 Å². The lowest BCUT2D eigenvalue weighted by molar-refractivity contribution is 0.137. The Morgan fingerprint density at radius 1 is 1.33 bits per heavy atom. The Morgan fingerprint density at radius 2 is 2.00 bits per heavy atom. The van der Waals surface area contributed by atoms with Crippen LogP contribution < -0.4 is 0 Å². The molecule has 1 rings (SSSR count). The Bertz CT molecular complexity index is 125. The summed E-state index contributed by atoms with van der Waals surface area (Å²) in [7, 11) is 0. The van der Waals surface area contributed by atoms with Gasteiger partial charge in [0.2, 0.25) is 0 Å². The molecule has 1 aliphatic carbocycles. The van der Waals surface area contributed by atoms with Gasteiger partial charge in [0.15, 0.2) is 0 Å². The van der Waals surface area contributed by atoms with E-state index in [1.54, 1.807) is 0 Å². The lowest BCUT2D eigenvalue weighted by Crippen LogP contribution is -2.27. The second-order valence-electron chi connectivity index (χ2n) is 4.12. The SMILES string of the molecule is CC(C)CS[C@H]1CCCC[C@@H]1O. The maximum atomic E-state index is 9.66. The van der Waals surface area contributed by atoms with Gasteiger partial charge in [-0.05, 0) is 24.5 Å². The molecule has 1 fully saturated rings. The summed E-state index contributed by atoms with van der Waals surface area (Å²) in [5, 5.41) is 10.2. The molecule has 1 saturated carbocycles. The van der Waals surface area contributed by atoms with Crippen LogP contribution in [-0.2, 0) is 0 Å². The van der Waals surface area contributed by atoms with Crippen molar-refractivity contribution in [2.45, 2.75) is 50.9 Å². The van der Waals surface area contributed by atoms with Gasteiger partial charge in [-0.1, -0.05) is 26.7 Å². The third kappa shape index (κ3) is 3.36. The first-order chi connectivity index (χ1) is 5.70. The maximum absolute atomic E-state index is 9.66. The van der Waals surface area contributed by atoms with Crippen molar-refractivity contribution in [3.8, 4) is 0 Å². The fraction of sp³-hybridized carbons (Fsp3) is 1.00. The molecule has 0 aromatic heterocycles. The first kappa shape index (κ1) is 10.4. The Labute approximate surface area is 79.9 Å². The predicted octanol–water partition coefficient (Wildman–Crippen LogP) is 2.68. The summed E-state index contributed by atoms with van der Waals surface area (Å²) in [6.07, 6.45) is 4.75. The molecule has 0 radical (unpaired) electrons. The van der Waals surface area contributed by atoms with Gasteiger partial charge in [-0.15, -0.1) is 0 Å². The average Bonchev–Trinajstić information content (AvgIpc) is 2.03. The molecule has 12 heavy (non-hydrogen) atoms. The molecule has 0 amide bonds. The Hall–Kier alpha value is 0.310. The topological polar surface area (TPSA) is 20.2 Å². The largest absolute Gasteiger partial charge is 0.392 e. The molecule has 0 spiro atoms. The molecule has 0 bridgehead atoms. The van der Waals surface area contributed by atoms with Crippen molar-refractivity contribution in [3.63, 3.8) is 0 Å². The predicted molar refractivity (Wildman–Crippen MR) is 55.6 cm³/mol. The van der Waals surface area contributed by atoms with Crippen molar-refractivity contribution in [2.75, 3.05) is 5.75 Å². The van der Waals surface area contributed by atoms with Gasteiger partial charge < -0.3 is 5.11 Å². The third-order valence-corrected chi connectivity index (χ3v) is 4.15. The zero-order chi connectivity index (χ0) is 8.97. The average molecular weight is 188 g/mol. The van der Waals surface area contributed by atoms with Crippen LogP contribution in [0, 0.1) is 5.92 Å². The Kier molecular flexibility index (Phi) is 4.44. The van der Waals surface area contributed by atoms with Crippen molar-refractivity contribution in [2.24, 2.45) is 5.92 Å². The molecule has 0 aromatic rings. The summed E-state index contributed by atoms with van der Waals surface area (Å²) >= 11 is 1.96. The second-order valence-corrected chi connectivity index (χ2v) is 5.39. The summed E-state index contributed by atoms with van der Waals surface area (Å²) < 4.78 is 0. The molecule has 0 heterocycles. The van der Waals surface area contributed by atoms with E-state index in [1.165, 1.54) is 25.0 Å². The molecule has 0 unspecified atom stereocenters. The molecule has 2 heteroatoms. The van der Waals surface area contributed by atoms with Crippen molar-refractivity contribution in [3.05, 3.63) is 0 Å². The molecule has 0 aromatic carbocycles. The van der Waals surface area contributed by atoms with E-state index in [9.17, 15) is 5.11 Å². The van der Waals surface area contributed by atoms with E-state index < -0.39 is 0 Å². The summed E-state index contributed by atoms with van der Waals surface area (Å²) in [5.74, 6) is 1.95. The number of aliphatic hydroxyl groups is 1. The van der Waals surface area contributed by atoms with E-state index >= 15 is 0 Å². The van der Waals surface area contributed by atoms with E-state index in [4.69, 9.17) is 0 Å². The van der Waals surface area contributed by atoms with Crippen LogP contribution in [0.25, 0.3) is 0 Å². The normalized spacial score (nSPS) is 31.0. The van der Waals surface area contributed by atoms with Crippen LogP contribution in [-0.4, -0.2) is 22.2 Å². The number of thioether (sulfide) groups is 1. The van der Waals surface area contributed by atoms with Crippen LogP contribution in [0.1, 0.15) is 39.5 Å². The fourth-order valence-electron chi connectivity index (χ4n) is 1.59. The van der Waals surface area contributed by atoms with Crippen LogP contribution in [0.15, 0.2) is 0 Å². The third-order valence-electron chi connectivity index (χ3n) is 2.31. The molecule has 1 aliphatic rings. The zero-order valence-corrected chi connectivity index (χ0v) is 8.94. The van der Waals surface area contributed by atoms with Crippen molar-refractivity contribution >= 4 is 11.8 Å². The first-order valence-corrected chi connectivity index (χ1v) is 6.04. The van der Waals surface area contributed by atoms with Gasteiger partial charge in [-0.2, -0.15) is 11.8 Å². The molecule has 72 valence electrons. The monoisotopic (exact) mass is 188 g/mol. The van der Waals surface area contributed by atoms with Gasteiger partial charge in [0.1, 0.15) is 0 Å². The van der Waals surface area contributed by atoms with Gasteiger partial charge in [0.25, 0.3) is 0 Å². The van der Waals surface area contributed by atoms with Crippen LogP contribution in [0.5, 0.6) is 0 Å². The molecular weight excluding hydrogens is 168 g/mol. The number of hydrogen-bond acceptors (Lipinski definition) is 2. The highest BCUT2D eigenvalue weighted by molar-refractivity contribution is 7.99. The lowest BCUT2D eigenvalue weighted by atomic mass is 9.97. The summed E-state index contributed by atoms with van der Waals surface area (Å²) in [5.41, 5.74) is 0. The highest BCUT2D eigenvalue weighted by Crippen LogP contribution is 2.29. The highest BCUT2D eigenvalue weighted by atomic mass is 32.2. The van der Waals surface area contributed by atoms with Gasteiger partial charge in [0, 0.05) is 5.25 Å². The van der Waals surface area contributed by atoms with Crippen LogP contribution in [0.2, 0.25) is 0 Å². The van der Waals surface area contributed by atoms with E-state index in [0.29, 0.717) is 5.25 Å². The second kappa shape index (κ2) is 5.13. The van der Waals surface area contributed by atoms with Crippen molar-refractivity contribution < 1.29 is 5.11 Å². The fourth-order valence-corrected chi connectivity index (χ4v) is 2.91. The molecule has 1 N–H and O–H groups in total. The summed E-state index contributed by atoms with van der Waals surface area (Å²) in [4.78, 5) is 0. The number of aliphatic hydroxyl groups excluding tert-OH is 1. The van der Waals surface area contributed by atoms with Gasteiger partial charge in [-0.25, -0.2) is 0 Å². The molecule has 0 aliphatic heterocycles. The van der Waals surface area contributed by atoms with E-state index in [0.717, 1.165) is 12.3 Å². The van der Waals surface area contributed by atoms with Gasteiger partial charge in [0.05, 0.1) is 6.10 Å². The number of hydrogen-bond donors (Lipinski definition) is 1. The smallest absolute Gasteiger partial charge is 0.0658 e. The Balaban J connectivity index is 2.20. The zero-order valence-electron chi connectivity index (χ0n) is 8.12. The summed E-state index contributed by atoms with van der Waals surface area (Å²) in [6, 6.07) is 0. The summed E-state index contributed by atoms with van der Waals surface area (Å²) in [6.45, 7) is 4.48. The minimum Gasteiger partial charge on any atom is -0.392 e. The first-order valence-electron chi connectivity index (χ1n) is 5.00. The molecular formula is C10H20OS. The van der Waals surface area contributed by atoms with Gasteiger partial charge in [-0.3, -0.25) is 0 Å². The van der Waals surface area contributed by atoms with Crippen LogP contribution in [0.4, 0.5) is 0 Å². The van der Waals surface area contributed by atoms with E-state index in [2.05, 4.69) is 13.8 Å². The molecule has 1 nitrogen and oxygen atoms in total. The minimum absolute atomic E-state index is 0.0255. The molecule has 0 saturated heterocycles. The number of rotatable bonds is 3. The Morgan fingerprint density at radius 3 is 2.58 bits per heavy atom. The van der Waals surface area contributed by atoms with Crippen molar-refractivity contribution in [1.82, 2.24) is 0 Å². The van der Waals surface area contributed by atoms with Crippen LogP contribution in [0.3, 0.4) is 0 Å². The quantitative estimate of drug-likeness (QED) is 0.735. The standard InChI is InChI=1S/C10H20OS/c1-8(2)7-12-10-6-4-3-5-9(10)11/h8-11H,3-7H2,1-2H3/t9-,10-/m0/s1. The maximum Gasteiger partial charge on any atom is 0.0658 e. The van der Waals surface area contributed by atoms with E-state index in [-0.39, 0.29) is 6.10 Å². The minimum atomic E-state index is -0.0255.